The van der Waals surface area contributed by atoms with E-state index in [1.807, 2.05) is 6.07 Å². The van der Waals surface area contributed by atoms with Crippen LogP contribution < -0.4 is 0 Å². The van der Waals surface area contributed by atoms with Gasteiger partial charge in [-0.05, 0) is 50.3 Å². The second-order valence-electron chi connectivity index (χ2n) is 5.52. The number of fused-ring (bicyclic) bond motifs is 3. The Morgan fingerprint density at radius 2 is 2.00 bits per heavy atom. The molecule has 2 aromatic rings. The molecule has 122 valence electrons. The van der Waals surface area contributed by atoms with Crippen molar-refractivity contribution in [1.82, 2.24) is 4.98 Å². The number of hydrogen-bond donors (Lipinski definition) is 1. The first-order valence-electron chi connectivity index (χ1n) is 7.76. The average Bonchev–Trinajstić information content (AvgIpc) is 2.91. The van der Waals surface area contributed by atoms with Gasteiger partial charge < -0.3 is 14.5 Å². The van der Waals surface area contributed by atoms with Crippen molar-refractivity contribution in [3.63, 3.8) is 0 Å². The number of carbonyl (C=O) groups is 2. The smallest absolute Gasteiger partial charge is 0.344 e. The third-order valence-electron chi connectivity index (χ3n) is 4.04. The Hall–Kier alpha value is -2.01. The lowest BCUT2D eigenvalue weighted by Crippen LogP contribution is -2.17. The summed E-state index contributed by atoms with van der Waals surface area (Å²) in [5, 5.41) is 1.15. The molecule has 0 saturated carbocycles. The van der Waals surface area contributed by atoms with Crippen molar-refractivity contribution in [2.24, 2.45) is 0 Å². The predicted molar refractivity (Wildman–Crippen MR) is 86.9 cm³/mol. The lowest BCUT2D eigenvalue weighted by molar-refractivity contribution is -0.146. The number of rotatable bonds is 4. The number of carbonyl (C=O) groups excluding carboxylic acids is 2. The Morgan fingerprint density at radius 1 is 1.22 bits per heavy atom. The summed E-state index contributed by atoms with van der Waals surface area (Å²) in [5.74, 6) is -1.17. The third kappa shape index (κ3) is 3.06. The van der Waals surface area contributed by atoms with Crippen molar-refractivity contribution in [1.29, 1.82) is 0 Å². The van der Waals surface area contributed by atoms with Crippen LogP contribution in [0.2, 0.25) is 5.02 Å². The molecule has 0 fully saturated rings. The van der Waals surface area contributed by atoms with Crippen LogP contribution in [-0.4, -0.2) is 30.1 Å². The summed E-state index contributed by atoms with van der Waals surface area (Å²) >= 11 is 6.24. The van der Waals surface area contributed by atoms with Gasteiger partial charge in [-0.25, -0.2) is 9.59 Å². The molecule has 0 unspecified atom stereocenters. The lowest BCUT2D eigenvalue weighted by Gasteiger charge is -2.12. The highest BCUT2D eigenvalue weighted by Gasteiger charge is 2.24. The summed E-state index contributed by atoms with van der Waals surface area (Å²) in [6.45, 7) is 1.54. The monoisotopic (exact) mass is 335 g/mol. The highest BCUT2D eigenvalue weighted by molar-refractivity contribution is 6.35. The van der Waals surface area contributed by atoms with Gasteiger partial charge in [-0.1, -0.05) is 11.6 Å². The molecule has 6 heteroatoms. The number of esters is 2. The fourth-order valence-corrected chi connectivity index (χ4v) is 3.31. The largest absolute Gasteiger partial charge is 0.463 e. The number of ether oxygens (including phenoxy) is 2. The number of benzene rings is 1. The second-order valence-corrected chi connectivity index (χ2v) is 5.92. The van der Waals surface area contributed by atoms with Gasteiger partial charge in [-0.15, -0.1) is 0 Å². The maximum atomic E-state index is 12.4. The SMILES string of the molecule is CCOC(=O)COC(=O)c1c(Cl)ccc2[nH]c3c(c12)CCCC3. The van der Waals surface area contributed by atoms with Gasteiger partial charge in [0.15, 0.2) is 6.61 Å². The number of nitrogens with one attached hydrogen (secondary N) is 1. The molecule has 0 aliphatic heterocycles. The van der Waals surface area contributed by atoms with Crippen molar-refractivity contribution in [2.75, 3.05) is 13.2 Å². The zero-order valence-electron chi connectivity index (χ0n) is 12.9. The molecule has 0 radical (unpaired) electrons. The molecule has 1 aliphatic carbocycles. The summed E-state index contributed by atoms with van der Waals surface area (Å²) in [5.41, 5.74) is 3.50. The Labute approximate surface area is 138 Å². The first-order chi connectivity index (χ1) is 11.1. The maximum absolute atomic E-state index is 12.4. The standard InChI is InChI=1S/C17H18ClNO4/c1-2-22-14(20)9-23-17(21)16-11(18)7-8-13-15(16)10-5-3-4-6-12(10)19-13/h7-8,19H,2-6,9H2,1H3. The predicted octanol–water partition coefficient (Wildman–Crippen LogP) is 3.42. The molecule has 5 nitrogen and oxygen atoms in total. The van der Waals surface area contributed by atoms with E-state index in [1.165, 1.54) is 0 Å². The molecular weight excluding hydrogens is 318 g/mol. The van der Waals surface area contributed by atoms with Crippen LogP contribution in [0.1, 0.15) is 41.4 Å². The van der Waals surface area contributed by atoms with Gasteiger partial charge in [0.05, 0.1) is 17.2 Å². The molecule has 1 aromatic carbocycles. The van der Waals surface area contributed by atoms with E-state index in [4.69, 9.17) is 21.1 Å². The fraction of sp³-hybridized carbons (Fsp3) is 0.412. The van der Waals surface area contributed by atoms with Gasteiger partial charge in [0.25, 0.3) is 0 Å². The fourth-order valence-electron chi connectivity index (χ4n) is 3.08. The van der Waals surface area contributed by atoms with Gasteiger partial charge in [0.2, 0.25) is 0 Å². The number of aromatic amines is 1. The Balaban J connectivity index is 1.96. The van der Waals surface area contributed by atoms with Crippen LogP contribution in [0.25, 0.3) is 10.9 Å². The van der Waals surface area contributed by atoms with Crippen LogP contribution in [-0.2, 0) is 27.1 Å². The van der Waals surface area contributed by atoms with E-state index < -0.39 is 18.5 Å². The normalized spacial score (nSPS) is 13.7. The highest BCUT2D eigenvalue weighted by atomic mass is 35.5. The van der Waals surface area contributed by atoms with Crippen molar-refractivity contribution in [3.05, 3.63) is 34.0 Å². The molecule has 1 heterocycles. The first kappa shape index (κ1) is 15.9. The number of hydrogen-bond acceptors (Lipinski definition) is 4. The van der Waals surface area contributed by atoms with Crippen LogP contribution in [0.5, 0.6) is 0 Å². The van der Waals surface area contributed by atoms with Crippen molar-refractivity contribution >= 4 is 34.4 Å². The molecule has 0 atom stereocenters. The maximum Gasteiger partial charge on any atom is 0.344 e. The lowest BCUT2D eigenvalue weighted by atomic mass is 9.94. The van der Waals surface area contributed by atoms with Crippen LogP contribution in [0.15, 0.2) is 12.1 Å². The van der Waals surface area contributed by atoms with Crippen LogP contribution >= 0.6 is 11.6 Å². The minimum atomic E-state index is -0.596. The minimum absolute atomic E-state index is 0.248. The van der Waals surface area contributed by atoms with E-state index in [2.05, 4.69) is 4.98 Å². The Bertz CT molecular complexity index is 766. The molecule has 0 bridgehead atoms. The molecule has 23 heavy (non-hydrogen) atoms. The van der Waals surface area contributed by atoms with E-state index >= 15 is 0 Å². The summed E-state index contributed by atoms with van der Waals surface area (Å²) in [7, 11) is 0. The third-order valence-corrected chi connectivity index (χ3v) is 4.36. The van der Waals surface area contributed by atoms with E-state index in [0.717, 1.165) is 47.8 Å². The van der Waals surface area contributed by atoms with E-state index in [0.29, 0.717) is 10.6 Å². The topological polar surface area (TPSA) is 68.4 Å². The van der Waals surface area contributed by atoms with Gasteiger partial charge in [0, 0.05) is 16.6 Å². The quantitative estimate of drug-likeness (QED) is 0.869. The van der Waals surface area contributed by atoms with Crippen LogP contribution in [0, 0.1) is 0 Å². The minimum Gasteiger partial charge on any atom is -0.463 e. The number of H-pyrrole nitrogens is 1. The summed E-state index contributed by atoms with van der Waals surface area (Å²) in [6.07, 6.45) is 4.10. The van der Waals surface area contributed by atoms with Gasteiger partial charge in [0.1, 0.15) is 0 Å². The van der Waals surface area contributed by atoms with Gasteiger partial charge in [-0.2, -0.15) is 0 Å². The molecular formula is C17H18ClNO4. The van der Waals surface area contributed by atoms with E-state index in [-0.39, 0.29) is 6.61 Å². The number of halogens is 1. The Morgan fingerprint density at radius 3 is 2.78 bits per heavy atom. The molecule has 0 saturated heterocycles. The van der Waals surface area contributed by atoms with Crippen molar-refractivity contribution < 1.29 is 19.1 Å². The van der Waals surface area contributed by atoms with Crippen molar-refractivity contribution in [2.45, 2.75) is 32.6 Å². The second kappa shape index (κ2) is 6.62. The van der Waals surface area contributed by atoms with Crippen molar-refractivity contribution in [3.8, 4) is 0 Å². The van der Waals surface area contributed by atoms with Crippen LogP contribution in [0.3, 0.4) is 0 Å². The average molecular weight is 336 g/mol. The molecule has 1 aromatic heterocycles. The van der Waals surface area contributed by atoms with Crippen LogP contribution in [0.4, 0.5) is 0 Å². The summed E-state index contributed by atoms with van der Waals surface area (Å²) in [6, 6.07) is 3.55. The van der Waals surface area contributed by atoms with E-state index in [9.17, 15) is 9.59 Å². The van der Waals surface area contributed by atoms with E-state index in [1.54, 1.807) is 13.0 Å². The zero-order valence-corrected chi connectivity index (χ0v) is 13.7. The first-order valence-corrected chi connectivity index (χ1v) is 8.14. The molecule has 0 spiro atoms. The summed E-state index contributed by atoms with van der Waals surface area (Å²) < 4.78 is 9.85. The molecule has 0 amide bonds. The molecule has 1 N–H and O–H groups in total. The van der Waals surface area contributed by atoms with Gasteiger partial charge in [-0.3, -0.25) is 0 Å². The number of aryl methyl sites for hydroxylation is 2. The van der Waals surface area contributed by atoms with Gasteiger partial charge >= 0.3 is 11.9 Å². The zero-order chi connectivity index (χ0) is 16.4. The molecule has 3 rings (SSSR count). The summed E-state index contributed by atoms with van der Waals surface area (Å²) in [4.78, 5) is 27.2. The molecule has 1 aliphatic rings. The number of aromatic nitrogens is 1. The highest BCUT2D eigenvalue weighted by Crippen LogP contribution is 2.35. The Kier molecular flexibility index (Phi) is 4.57.